The molecule has 0 radical (unpaired) electrons. The minimum Gasteiger partial charge on any atom is -0.258 e. The van der Waals surface area contributed by atoms with Crippen LogP contribution >= 0.6 is 0 Å². The topological polar surface area (TPSA) is 64.1 Å². The van der Waals surface area contributed by atoms with E-state index in [-0.39, 0.29) is 11.6 Å². The zero-order valence-corrected chi connectivity index (χ0v) is 12.7. The van der Waals surface area contributed by atoms with Crippen LogP contribution in [0.25, 0.3) is 11.1 Å². The molecule has 0 amide bonds. The minimum absolute atomic E-state index is 0.0718. The number of nitro groups is 1. The van der Waals surface area contributed by atoms with Gasteiger partial charge in [0.2, 0.25) is 5.69 Å². The van der Waals surface area contributed by atoms with Crippen molar-refractivity contribution in [2.75, 3.05) is 0 Å². The lowest BCUT2D eigenvalue weighted by Crippen LogP contribution is -2.46. The van der Waals surface area contributed by atoms with Crippen molar-refractivity contribution in [2.24, 2.45) is 0 Å². The van der Waals surface area contributed by atoms with Crippen LogP contribution < -0.4 is 4.57 Å². The van der Waals surface area contributed by atoms with Crippen LogP contribution in [0, 0.1) is 10.1 Å². The first-order valence-electron chi connectivity index (χ1n) is 7.56. The van der Waals surface area contributed by atoms with Crippen LogP contribution in [-0.4, -0.2) is 10.8 Å². The first kappa shape index (κ1) is 14.3. The van der Waals surface area contributed by atoms with Gasteiger partial charge in [-0.2, -0.15) is 0 Å². The molecule has 4 rings (SSSR count). The van der Waals surface area contributed by atoms with Crippen molar-refractivity contribution in [3.05, 3.63) is 93.8 Å². The van der Waals surface area contributed by atoms with Crippen molar-refractivity contribution >= 4 is 11.6 Å². The Morgan fingerprint density at radius 2 is 1.79 bits per heavy atom. The molecule has 1 heterocycles. The zero-order chi connectivity index (χ0) is 16.7. The van der Waals surface area contributed by atoms with Gasteiger partial charge in [0.25, 0.3) is 5.69 Å². The van der Waals surface area contributed by atoms with Gasteiger partial charge in [-0.3, -0.25) is 10.1 Å². The van der Waals surface area contributed by atoms with Crippen molar-refractivity contribution in [3.8, 4) is 11.1 Å². The fourth-order valence-electron chi connectivity index (χ4n) is 3.16. The van der Waals surface area contributed by atoms with Crippen molar-refractivity contribution in [1.29, 1.82) is 0 Å². The van der Waals surface area contributed by atoms with Gasteiger partial charge in [-0.15, -0.1) is 4.57 Å². The van der Waals surface area contributed by atoms with E-state index in [0.717, 1.165) is 22.4 Å². The molecule has 0 unspecified atom stereocenters. The van der Waals surface area contributed by atoms with Gasteiger partial charge >= 0.3 is 5.91 Å². The SMILES string of the molecule is O=C(c1ccccc1)[n+]1cccc2c1Cc1cc([N+](=O)[O-])ccc1-2. The maximum absolute atomic E-state index is 12.8. The predicted octanol–water partition coefficient (Wildman–Crippen LogP) is 3.14. The monoisotopic (exact) mass is 317 g/mol. The number of hydrogen-bond acceptors (Lipinski definition) is 3. The van der Waals surface area contributed by atoms with Gasteiger partial charge in [-0.1, -0.05) is 18.2 Å². The summed E-state index contributed by atoms with van der Waals surface area (Å²) in [6, 6.07) is 17.7. The third-order valence-electron chi connectivity index (χ3n) is 4.29. The molecule has 0 spiro atoms. The van der Waals surface area contributed by atoms with Gasteiger partial charge in [0.1, 0.15) is 0 Å². The highest BCUT2D eigenvalue weighted by Gasteiger charge is 2.32. The summed E-state index contributed by atoms with van der Waals surface area (Å²) in [6.45, 7) is 0. The van der Waals surface area contributed by atoms with Crippen molar-refractivity contribution in [1.82, 2.24) is 0 Å². The lowest BCUT2D eigenvalue weighted by Gasteiger charge is -2.01. The molecule has 0 N–H and O–H groups in total. The van der Waals surface area contributed by atoms with Gasteiger partial charge in [-0.05, 0) is 35.4 Å². The molecular weight excluding hydrogens is 304 g/mol. The largest absolute Gasteiger partial charge is 0.424 e. The average molecular weight is 317 g/mol. The first-order valence-corrected chi connectivity index (χ1v) is 7.56. The van der Waals surface area contributed by atoms with Crippen LogP contribution in [-0.2, 0) is 6.42 Å². The van der Waals surface area contributed by atoms with E-state index in [1.807, 2.05) is 30.3 Å². The number of benzene rings is 2. The number of rotatable bonds is 2. The van der Waals surface area contributed by atoms with E-state index in [1.54, 1.807) is 35.0 Å². The van der Waals surface area contributed by atoms with E-state index in [9.17, 15) is 14.9 Å². The number of nitro benzene ring substituents is 1. The molecule has 1 aromatic heterocycles. The first-order chi connectivity index (χ1) is 11.6. The Bertz CT molecular complexity index is 981. The van der Waals surface area contributed by atoms with Crippen molar-refractivity contribution in [3.63, 3.8) is 0 Å². The molecule has 3 aromatic rings. The Labute approximate surface area is 138 Å². The van der Waals surface area contributed by atoms with Crippen LogP contribution in [0.2, 0.25) is 0 Å². The smallest absolute Gasteiger partial charge is 0.258 e. The Balaban J connectivity index is 1.81. The quantitative estimate of drug-likeness (QED) is 0.324. The molecule has 0 fully saturated rings. The Kier molecular flexibility index (Phi) is 3.20. The molecule has 2 aromatic carbocycles. The predicted molar refractivity (Wildman–Crippen MR) is 87.7 cm³/mol. The molecule has 0 bridgehead atoms. The highest BCUT2D eigenvalue weighted by molar-refractivity contribution is 5.88. The summed E-state index contributed by atoms with van der Waals surface area (Å²) >= 11 is 0. The summed E-state index contributed by atoms with van der Waals surface area (Å²) < 4.78 is 1.64. The summed E-state index contributed by atoms with van der Waals surface area (Å²) in [5.74, 6) is -0.102. The van der Waals surface area contributed by atoms with Gasteiger partial charge in [0, 0.05) is 18.2 Å². The third kappa shape index (κ3) is 2.18. The molecular formula is C19H13N2O3+. The molecule has 1 aliphatic rings. The highest BCUT2D eigenvalue weighted by atomic mass is 16.6. The number of hydrogen-bond donors (Lipinski definition) is 0. The fourth-order valence-corrected chi connectivity index (χ4v) is 3.16. The number of nitrogens with zero attached hydrogens (tertiary/aromatic N) is 2. The standard InChI is InChI=1S/C19H13N2O3/c22-19(13-5-2-1-3-6-13)20-10-4-7-17-16-9-8-15(21(23)24)11-14(16)12-18(17)20/h1-11H,12H2/q+1. The molecule has 0 aliphatic heterocycles. The van der Waals surface area contributed by atoms with Gasteiger partial charge in [0.05, 0.1) is 22.5 Å². The van der Waals surface area contributed by atoms with E-state index in [4.69, 9.17) is 0 Å². The number of carbonyl (C=O) groups is 1. The van der Waals surface area contributed by atoms with Gasteiger partial charge in [0.15, 0.2) is 6.20 Å². The summed E-state index contributed by atoms with van der Waals surface area (Å²) in [5.41, 5.74) is 4.32. The summed E-state index contributed by atoms with van der Waals surface area (Å²) in [6.07, 6.45) is 2.25. The maximum Gasteiger partial charge on any atom is 0.424 e. The number of pyridine rings is 1. The summed E-state index contributed by atoms with van der Waals surface area (Å²) in [4.78, 5) is 23.4. The van der Waals surface area contributed by atoms with E-state index in [2.05, 4.69) is 0 Å². The van der Waals surface area contributed by atoms with Crippen molar-refractivity contribution < 1.29 is 14.3 Å². The second-order valence-corrected chi connectivity index (χ2v) is 5.69. The molecule has 0 atom stereocenters. The Hall–Kier alpha value is -3.34. The van der Waals surface area contributed by atoms with Crippen LogP contribution in [0.1, 0.15) is 21.6 Å². The van der Waals surface area contributed by atoms with Crippen LogP contribution in [0.5, 0.6) is 0 Å². The van der Waals surface area contributed by atoms with Crippen molar-refractivity contribution in [2.45, 2.75) is 6.42 Å². The van der Waals surface area contributed by atoms with Gasteiger partial charge < -0.3 is 0 Å². The minimum atomic E-state index is -0.396. The fraction of sp³-hybridized carbons (Fsp3) is 0.0526. The lowest BCUT2D eigenvalue weighted by atomic mass is 10.1. The normalized spacial score (nSPS) is 11.7. The number of aromatic nitrogens is 1. The van der Waals surface area contributed by atoms with Gasteiger partial charge in [-0.25, -0.2) is 4.79 Å². The number of non-ortho nitro benzene ring substituents is 1. The molecule has 5 nitrogen and oxygen atoms in total. The summed E-state index contributed by atoms with van der Waals surface area (Å²) in [5, 5.41) is 11.0. The second-order valence-electron chi connectivity index (χ2n) is 5.69. The number of fused-ring (bicyclic) bond motifs is 3. The Morgan fingerprint density at radius 1 is 1.00 bits per heavy atom. The van der Waals surface area contributed by atoms with Crippen LogP contribution in [0.3, 0.4) is 0 Å². The highest BCUT2D eigenvalue weighted by Crippen LogP contribution is 2.36. The number of carbonyl (C=O) groups excluding carboxylic acids is 1. The molecule has 5 heteroatoms. The third-order valence-corrected chi connectivity index (χ3v) is 4.29. The maximum atomic E-state index is 12.8. The van der Waals surface area contributed by atoms with E-state index in [0.29, 0.717) is 12.0 Å². The molecule has 0 saturated carbocycles. The second kappa shape index (κ2) is 5.38. The lowest BCUT2D eigenvalue weighted by molar-refractivity contribution is -0.578. The summed E-state index contributed by atoms with van der Waals surface area (Å²) in [7, 11) is 0. The Morgan fingerprint density at radius 3 is 2.54 bits per heavy atom. The van der Waals surface area contributed by atoms with E-state index in [1.165, 1.54) is 6.07 Å². The molecule has 1 aliphatic carbocycles. The van der Waals surface area contributed by atoms with Crippen LogP contribution in [0.4, 0.5) is 5.69 Å². The molecule has 24 heavy (non-hydrogen) atoms. The molecule has 116 valence electrons. The zero-order valence-electron chi connectivity index (χ0n) is 12.7. The van der Waals surface area contributed by atoms with E-state index < -0.39 is 4.92 Å². The van der Waals surface area contributed by atoms with E-state index >= 15 is 0 Å². The average Bonchev–Trinajstić information content (AvgIpc) is 2.99. The van der Waals surface area contributed by atoms with Crippen LogP contribution in [0.15, 0.2) is 66.9 Å². The molecule has 0 saturated heterocycles.